The van der Waals surface area contributed by atoms with Crippen LogP contribution < -0.4 is 9.47 Å². The molecule has 1 aliphatic rings. The van der Waals surface area contributed by atoms with E-state index in [4.69, 9.17) is 9.47 Å². The van der Waals surface area contributed by atoms with Crippen LogP contribution in [0.1, 0.15) is 63.3 Å². The number of hydrogen-bond acceptors (Lipinski definition) is 5. The minimum Gasteiger partial charge on any atom is -0.507 e. The molecule has 6 heteroatoms. The van der Waals surface area contributed by atoms with Gasteiger partial charge < -0.3 is 19.5 Å². The molecule has 0 spiro atoms. The van der Waals surface area contributed by atoms with Gasteiger partial charge in [-0.1, -0.05) is 39.8 Å². The predicted molar refractivity (Wildman–Crippen MR) is 133 cm³/mol. The van der Waals surface area contributed by atoms with Crippen LogP contribution in [0.4, 0.5) is 0 Å². The molecular formula is C28H35NO5. The van der Waals surface area contributed by atoms with Crippen molar-refractivity contribution < 1.29 is 24.2 Å². The predicted octanol–water partition coefficient (Wildman–Crippen LogP) is 5.65. The zero-order valence-corrected chi connectivity index (χ0v) is 20.8. The Bertz CT molecular complexity index is 1050. The van der Waals surface area contributed by atoms with Crippen molar-refractivity contribution >= 4 is 17.4 Å². The van der Waals surface area contributed by atoms with Crippen molar-refractivity contribution in [2.75, 3.05) is 19.8 Å². The fourth-order valence-electron chi connectivity index (χ4n) is 4.03. The van der Waals surface area contributed by atoms with Gasteiger partial charge >= 0.3 is 0 Å². The molecule has 2 aromatic carbocycles. The molecule has 0 radical (unpaired) electrons. The van der Waals surface area contributed by atoms with Crippen molar-refractivity contribution in [3.63, 3.8) is 0 Å². The maximum atomic E-state index is 13.1. The maximum absolute atomic E-state index is 13.1. The highest BCUT2D eigenvalue weighted by atomic mass is 16.5. The summed E-state index contributed by atoms with van der Waals surface area (Å²) in [6, 6.07) is 12.0. The van der Waals surface area contributed by atoms with Crippen LogP contribution in [0.3, 0.4) is 0 Å². The fraction of sp³-hybridized carbons (Fsp3) is 0.429. The molecule has 1 fully saturated rings. The van der Waals surface area contributed by atoms with Crippen LogP contribution in [0, 0.1) is 12.8 Å². The highest BCUT2D eigenvalue weighted by molar-refractivity contribution is 6.46. The van der Waals surface area contributed by atoms with Gasteiger partial charge in [0.05, 0.1) is 24.8 Å². The molecule has 1 aliphatic heterocycles. The van der Waals surface area contributed by atoms with Crippen molar-refractivity contribution in [1.82, 2.24) is 4.90 Å². The van der Waals surface area contributed by atoms with Crippen molar-refractivity contribution in [2.24, 2.45) is 5.92 Å². The lowest BCUT2D eigenvalue weighted by Gasteiger charge is -2.25. The summed E-state index contributed by atoms with van der Waals surface area (Å²) < 4.78 is 11.5. The van der Waals surface area contributed by atoms with Gasteiger partial charge in [0.25, 0.3) is 11.7 Å². The van der Waals surface area contributed by atoms with Crippen LogP contribution in [-0.2, 0) is 9.59 Å². The van der Waals surface area contributed by atoms with Gasteiger partial charge in [0.2, 0.25) is 0 Å². The molecule has 1 amide bonds. The zero-order chi connectivity index (χ0) is 24.8. The normalized spacial score (nSPS) is 17.5. The highest BCUT2D eigenvalue weighted by Gasteiger charge is 2.45. The molecule has 1 N–H and O–H groups in total. The largest absolute Gasteiger partial charge is 0.507 e. The molecule has 3 rings (SSSR count). The second-order valence-corrected chi connectivity index (χ2v) is 9.10. The molecule has 2 aromatic rings. The molecule has 1 atom stereocenters. The summed E-state index contributed by atoms with van der Waals surface area (Å²) in [5, 5.41) is 11.2. The summed E-state index contributed by atoms with van der Waals surface area (Å²) in [5.74, 6) is 0.419. The van der Waals surface area contributed by atoms with Gasteiger partial charge in [-0.05, 0) is 67.1 Å². The van der Waals surface area contributed by atoms with Crippen LogP contribution in [0.2, 0.25) is 0 Å². The number of likely N-dealkylation sites (tertiary alicyclic amines) is 1. The monoisotopic (exact) mass is 465 g/mol. The Morgan fingerprint density at radius 1 is 1.03 bits per heavy atom. The fourth-order valence-corrected chi connectivity index (χ4v) is 4.03. The number of amides is 1. The molecule has 182 valence electrons. The summed E-state index contributed by atoms with van der Waals surface area (Å²) in [6.07, 6.45) is 1.60. The third-order valence-corrected chi connectivity index (χ3v) is 5.69. The number of hydrogen-bond donors (Lipinski definition) is 1. The molecule has 0 bridgehead atoms. The number of carbonyl (C=O) groups is 2. The SMILES string of the molecule is CCCOc1ccc(C2/C(=C(/O)c3ccc(OCC(C)C)c(C)c3)C(=O)C(=O)N2CCC)cc1. The van der Waals surface area contributed by atoms with Crippen molar-refractivity contribution in [2.45, 2.75) is 53.5 Å². The first-order chi connectivity index (χ1) is 16.3. The van der Waals surface area contributed by atoms with Gasteiger partial charge in [-0.15, -0.1) is 0 Å². The smallest absolute Gasteiger partial charge is 0.295 e. The molecule has 1 heterocycles. The van der Waals surface area contributed by atoms with Crippen LogP contribution in [0.25, 0.3) is 5.76 Å². The van der Waals surface area contributed by atoms with E-state index in [1.807, 2.05) is 45.0 Å². The third-order valence-electron chi connectivity index (χ3n) is 5.69. The van der Waals surface area contributed by atoms with Gasteiger partial charge in [-0.2, -0.15) is 0 Å². The highest BCUT2D eigenvalue weighted by Crippen LogP contribution is 2.40. The number of Topliss-reactive ketones (excluding diaryl/α,β-unsaturated/α-hetero) is 1. The quantitative estimate of drug-likeness (QED) is 0.279. The first kappa shape index (κ1) is 25.3. The number of ketones is 1. The lowest BCUT2D eigenvalue weighted by molar-refractivity contribution is -0.139. The number of benzene rings is 2. The molecule has 6 nitrogen and oxygen atoms in total. The standard InChI is InChI=1S/C28H35NO5/c1-6-14-29-25(20-8-11-22(12-9-20)33-15-7-2)24(27(31)28(29)32)26(30)21-10-13-23(19(5)16-21)34-17-18(3)4/h8-13,16,18,25,30H,6-7,14-15,17H2,1-5H3/b26-24-. The van der Waals surface area contributed by atoms with Crippen LogP contribution >= 0.6 is 0 Å². The second kappa shape index (κ2) is 11.2. The average Bonchev–Trinajstić information content (AvgIpc) is 3.07. The van der Waals surface area contributed by atoms with E-state index < -0.39 is 17.7 Å². The van der Waals surface area contributed by atoms with Crippen LogP contribution in [0.15, 0.2) is 48.0 Å². The van der Waals surface area contributed by atoms with E-state index in [1.54, 1.807) is 23.1 Å². The summed E-state index contributed by atoms with van der Waals surface area (Å²) in [5.41, 5.74) is 2.20. The number of rotatable bonds is 10. The van der Waals surface area contributed by atoms with Crippen LogP contribution in [0.5, 0.6) is 11.5 Å². The van der Waals surface area contributed by atoms with E-state index in [2.05, 4.69) is 13.8 Å². The molecule has 0 aliphatic carbocycles. The summed E-state index contributed by atoms with van der Waals surface area (Å²) in [4.78, 5) is 27.5. The van der Waals surface area contributed by atoms with Gasteiger partial charge in [0, 0.05) is 12.1 Å². The Morgan fingerprint density at radius 2 is 1.74 bits per heavy atom. The van der Waals surface area contributed by atoms with Crippen molar-refractivity contribution in [3.05, 3.63) is 64.7 Å². The van der Waals surface area contributed by atoms with E-state index in [9.17, 15) is 14.7 Å². The Kier molecular flexibility index (Phi) is 8.37. The van der Waals surface area contributed by atoms with Crippen LogP contribution in [-0.4, -0.2) is 41.5 Å². The van der Waals surface area contributed by atoms with E-state index in [0.717, 1.165) is 29.0 Å². The lowest BCUT2D eigenvalue weighted by atomic mass is 9.94. The Balaban J connectivity index is 2.03. The molecule has 1 saturated heterocycles. The van der Waals surface area contributed by atoms with Gasteiger partial charge in [-0.3, -0.25) is 9.59 Å². The molecule has 34 heavy (non-hydrogen) atoms. The Labute approximate surface area is 202 Å². The Morgan fingerprint density at radius 3 is 2.32 bits per heavy atom. The molecule has 1 unspecified atom stereocenters. The third kappa shape index (κ3) is 5.44. The topological polar surface area (TPSA) is 76.1 Å². The van der Waals surface area contributed by atoms with E-state index >= 15 is 0 Å². The first-order valence-corrected chi connectivity index (χ1v) is 12.0. The number of aliphatic hydroxyl groups is 1. The summed E-state index contributed by atoms with van der Waals surface area (Å²) in [6.45, 7) is 11.7. The minimum absolute atomic E-state index is 0.107. The zero-order valence-electron chi connectivity index (χ0n) is 20.8. The molecule has 0 aromatic heterocycles. The number of nitrogens with zero attached hydrogens (tertiary/aromatic N) is 1. The maximum Gasteiger partial charge on any atom is 0.295 e. The lowest BCUT2D eigenvalue weighted by Crippen LogP contribution is -2.30. The summed E-state index contributed by atoms with van der Waals surface area (Å²) >= 11 is 0. The van der Waals surface area contributed by atoms with Gasteiger partial charge in [0.1, 0.15) is 17.3 Å². The van der Waals surface area contributed by atoms with E-state index in [0.29, 0.717) is 37.7 Å². The Hall–Kier alpha value is -3.28. The number of aryl methyl sites for hydroxylation is 1. The first-order valence-electron chi connectivity index (χ1n) is 12.0. The average molecular weight is 466 g/mol. The van der Waals surface area contributed by atoms with Crippen molar-refractivity contribution in [3.8, 4) is 11.5 Å². The van der Waals surface area contributed by atoms with Crippen molar-refractivity contribution in [1.29, 1.82) is 0 Å². The number of aliphatic hydroxyl groups excluding tert-OH is 1. The molecule has 0 saturated carbocycles. The second-order valence-electron chi connectivity index (χ2n) is 9.10. The number of carbonyl (C=O) groups excluding carboxylic acids is 2. The molecular weight excluding hydrogens is 430 g/mol. The summed E-state index contributed by atoms with van der Waals surface area (Å²) in [7, 11) is 0. The minimum atomic E-state index is -0.667. The van der Waals surface area contributed by atoms with E-state index in [-0.39, 0.29) is 11.3 Å². The van der Waals surface area contributed by atoms with E-state index in [1.165, 1.54) is 0 Å². The van der Waals surface area contributed by atoms with Gasteiger partial charge in [-0.25, -0.2) is 0 Å². The number of ether oxygens (including phenoxy) is 2. The van der Waals surface area contributed by atoms with Gasteiger partial charge in [0.15, 0.2) is 0 Å².